The number of benzene rings is 2. The van der Waals surface area contributed by atoms with Crippen molar-refractivity contribution in [1.82, 2.24) is 14.4 Å². The van der Waals surface area contributed by atoms with Gasteiger partial charge in [0.25, 0.3) is 0 Å². The summed E-state index contributed by atoms with van der Waals surface area (Å²) in [5.41, 5.74) is 3.11. The van der Waals surface area contributed by atoms with Gasteiger partial charge in [0.05, 0.1) is 24.3 Å². The van der Waals surface area contributed by atoms with Gasteiger partial charge in [0.2, 0.25) is 5.95 Å². The van der Waals surface area contributed by atoms with Gasteiger partial charge in [-0.1, -0.05) is 28.1 Å². The quantitative estimate of drug-likeness (QED) is 0.572. The Morgan fingerprint density at radius 3 is 2.79 bits per heavy atom. The first kappa shape index (κ1) is 15.0. The molecule has 120 valence electrons. The maximum atomic E-state index is 5.19. The van der Waals surface area contributed by atoms with E-state index in [2.05, 4.69) is 32.3 Å². The molecule has 0 fully saturated rings. The summed E-state index contributed by atoms with van der Waals surface area (Å²) in [4.78, 5) is 9.00. The molecule has 2 aromatic heterocycles. The van der Waals surface area contributed by atoms with E-state index < -0.39 is 0 Å². The Hall–Kier alpha value is -2.60. The Balaban J connectivity index is 1.69. The Bertz CT molecular complexity index is 1010. The van der Waals surface area contributed by atoms with Crippen molar-refractivity contribution in [2.75, 3.05) is 12.4 Å². The molecule has 0 radical (unpaired) electrons. The minimum atomic E-state index is 0.673. The van der Waals surface area contributed by atoms with Crippen LogP contribution >= 0.6 is 15.9 Å². The van der Waals surface area contributed by atoms with Crippen LogP contribution in [0.15, 0.2) is 59.5 Å². The highest BCUT2D eigenvalue weighted by atomic mass is 79.9. The van der Waals surface area contributed by atoms with Gasteiger partial charge >= 0.3 is 0 Å². The predicted molar refractivity (Wildman–Crippen MR) is 98.5 cm³/mol. The maximum absolute atomic E-state index is 5.19. The number of halogens is 1. The van der Waals surface area contributed by atoms with Gasteiger partial charge in [0, 0.05) is 16.4 Å². The van der Waals surface area contributed by atoms with Crippen LogP contribution in [-0.4, -0.2) is 21.5 Å². The molecule has 1 N–H and O–H groups in total. The number of imidazole rings is 1. The monoisotopic (exact) mass is 382 g/mol. The average Bonchev–Trinajstić information content (AvgIpc) is 3.10. The maximum Gasteiger partial charge on any atom is 0.209 e. The van der Waals surface area contributed by atoms with Gasteiger partial charge in [-0.25, -0.2) is 9.97 Å². The second-order valence-electron chi connectivity index (χ2n) is 5.45. The molecule has 0 aliphatic heterocycles. The van der Waals surface area contributed by atoms with Crippen molar-refractivity contribution >= 4 is 38.3 Å². The molecule has 0 aliphatic rings. The van der Waals surface area contributed by atoms with Crippen molar-refractivity contribution in [3.05, 3.63) is 65.0 Å². The van der Waals surface area contributed by atoms with E-state index in [4.69, 9.17) is 9.72 Å². The molecule has 6 heteroatoms. The van der Waals surface area contributed by atoms with Crippen molar-refractivity contribution in [3.63, 3.8) is 0 Å². The molecule has 2 heterocycles. The lowest BCUT2D eigenvalue weighted by atomic mass is 10.2. The number of hydrogen-bond acceptors (Lipinski definition) is 4. The van der Waals surface area contributed by atoms with Gasteiger partial charge < -0.3 is 10.1 Å². The number of rotatable bonds is 4. The number of aromatic nitrogens is 3. The minimum Gasteiger partial charge on any atom is -0.497 e. The van der Waals surface area contributed by atoms with Crippen molar-refractivity contribution in [2.24, 2.45) is 0 Å². The molecule has 4 aromatic rings. The van der Waals surface area contributed by atoms with Crippen LogP contribution in [0, 0.1) is 0 Å². The average molecular weight is 383 g/mol. The zero-order valence-corrected chi connectivity index (χ0v) is 14.6. The molecule has 0 saturated carbocycles. The highest BCUT2D eigenvalue weighted by Gasteiger charge is 2.09. The number of anilines is 1. The van der Waals surface area contributed by atoms with Crippen molar-refractivity contribution < 1.29 is 4.74 Å². The number of nitrogens with one attached hydrogen (secondary N) is 1. The fourth-order valence-corrected chi connectivity index (χ4v) is 3.05. The van der Waals surface area contributed by atoms with E-state index in [1.807, 2.05) is 47.0 Å². The lowest BCUT2D eigenvalue weighted by Gasteiger charge is -2.11. The summed E-state index contributed by atoms with van der Waals surface area (Å²) in [6.45, 7) is 0.673. The summed E-state index contributed by atoms with van der Waals surface area (Å²) < 4.78 is 8.19. The molecule has 0 spiro atoms. The lowest BCUT2D eigenvalue weighted by Crippen LogP contribution is -2.06. The summed E-state index contributed by atoms with van der Waals surface area (Å²) in [6, 6.07) is 14.0. The lowest BCUT2D eigenvalue weighted by molar-refractivity contribution is 0.414. The highest BCUT2D eigenvalue weighted by Crippen LogP contribution is 2.25. The summed E-state index contributed by atoms with van der Waals surface area (Å²) in [5.74, 6) is 1.62. The Labute approximate surface area is 147 Å². The molecule has 5 nitrogen and oxygen atoms in total. The number of hydrogen-bond donors (Lipinski definition) is 1. The molecular weight excluding hydrogens is 368 g/mol. The fourth-order valence-electron chi connectivity index (χ4n) is 2.69. The molecule has 0 aliphatic carbocycles. The smallest absolute Gasteiger partial charge is 0.209 e. The van der Waals surface area contributed by atoms with E-state index in [0.29, 0.717) is 6.54 Å². The van der Waals surface area contributed by atoms with Crippen LogP contribution in [0.5, 0.6) is 5.75 Å². The second kappa shape index (κ2) is 6.13. The van der Waals surface area contributed by atoms with E-state index in [1.54, 1.807) is 13.4 Å². The molecule has 24 heavy (non-hydrogen) atoms. The molecule has 0 saturated heterocycles. The largest absolute Gasteiger partial charge is 0.497 e. The minimum absolute atomic E-state index is 0.673. The van der Waals surface area contributed by atoms with Crippen LogP contribution < -0.4 is 10.1 Å². The molecule has 0 atom stereocenters. The molecular formula is C18H15BrN4O. The van der Waals surface area contributed by atoms with Crippen LogP contribution in [-0.2, 0) is 6.54 Å². The number of methoxy groups -OCH3 is 1. The first-order valence-electron chi connectivity index (χ1n) is 7.53. The van der Waals surface area contributed by atoms with E-state index in [0.717, 1.165) is 38.2 Å². The van der Waals surface area contributed by atoms with E-state index >= 15 is 0 Å². The van der Waals surface area contributed by atoms with E-state index in [-0.39, 0.29) is 0 Å². The molecule has 0 unspecified atom stereocenters. The van der Waals surface area contributed by atoms with Crippen molar-refractivity contribution in [1.29, 1.82) is 0 Å². The standard InChI is InChI=1S/C18H15BrN4O/c1-24-14-5-2-12(3-6-14)9-21-18-22-16-7-4-13(19)8-15(16)17-10-20-11-23(17)18/h2-8,10-11H,9H2,1H3,(H,21,22). The van der Waals surface area contributed by atoms with Gasteiger partial charge in [-0.05, 0) is 35.9 Å². The summed E-state index contributed by atoms with van der Waals surface area (Å²) in [5, 5.41) is 4.46. The van der Waals surface area contributed by atoms with Gasteiger partial charge in [0.1, 0.15) is 12.1 Å². The van der Waals surface area contributed by atoms with Gasteiger partial charge in [-0.15, -0.1) is 0 Å². The third-order valence-electron chi connectivity index (χ3n) is 3.94. The fraction of sp³-hybridized carbons (Fsp3) is 0.111. The topological polar surface area (TPSA) is 51.5 Å². The van der Waals surface area contributed by atoms with Crippen molar-refractivity contribution in [2.45, 2.75) is 6.54 Å². The molecule has 0 bridgehead atoms. The van der Waals surface area contributed by atoms with Crippen LogP contribution in [0.3, 0.4) is 0 Å². The Morgan fingerprint density at radius 1 is 1.17 bits per heavy atom. The van der Waals surface area contributed by atoms with Gasteiger partial charge in [-0.3, -0.25) is 4.40 Å². The zero-order chi connectivity index (χ0) is 16.5. The Kier molecular flexibility index (Phi) is 3.82. The third-order valence-corrected chi connectivity index (χ3v) is 4.43. The summed E-state index contributed by atoms with van der Waals surface area (Å²) in [6.07, 6.45) is 3.63. The SMILES string of the molecule is COc1ccc(CNc2nc3ccc(Br)cc3c3cncn23)cc1. The van der Waals surface area contributed by atoms with Crippen LogP contribution in [0.4, 0.5) is 5.95 Å². The first-order valence-corrected chi connectivity index (χ1v) is 8.32. The van der Waals surface area contributed by atoms with Crippen LogP contribution in [0.1, 0.15) is 5.56 Å². The van der Waals surface area contributed by atoms with Gasteiger partial charge in [0.15, 0.2) is 0 Å². The second-order valence-corrected chi connectivity index (χ2v) is 6.36. The zero-order valence-electron chi connectivity index (χ0n) is 13.0. The van der Waals surface area contributed by atoms with E-state index in [9.17, 15) is 0 Å². The van der Waals surface area contributed by atoms with Crippen LogP contribution in [0.2, 0.25) is 0 Å². The normalized spacial score (nSPS) is 11.1. The molecule has 4 rings (SSSR count). The summed E-state index contributed by atoms with van der Waals surface area (Å²) in [7, 11) is 1.67. The number of fused-ring (bicyclic) bond motifs is 3. The van der Waals surface area contributed by atoms with Crippen molar-refractivity contribution in [3.8, 4) is 5.75 Å². The molecule has 2 aromatic carbocycles. The number of ether oxygens (including phenoxy) is 1. The summed E-state index contributed by atoms with van der Waals surface area (Å²) >= 11 is 3.51. The third kappa shape index (κ3) is 2.69. The van der Waals surface area contributed by atoms with Crippen LogP contribution in [0.25, 0.3) is 16.4 Å². The predicted octanol–water partition coefficient (Wildman–Crippen LogP) is 4.27. The van der Waals surface area contributed by atoms with Gasteiger partial charge in [-0.2, -0.15) is 0 Å². The highest BCUT2D eigenvalue weighted by molar-refractivity contribution is 9.10. The number of nitrogens with zero attached hydrogens (tertiary/aromatic N) is 3. The molecule has 0 amide bonds. The van der Waals surface area contributed by atoms with E-state index in [1.165, 1.54) is 0 Å². The Morgan fingerprint density at radius 2 is 2.00 bits per heavy atom. The first-order chi connectivity index (χ1) is 11.7.